The summed E-state index contributed by atoms with van der Waals surface area (Å²) in [4.78, 5) is 25.4. The molecule has 0 fully saturated rings. The molecule has 0 radical (unpaired) electrons. The summed E-state index contributed by atoms with van der Waals surface area (Å²) in [6.45, 7) is 1.45. The quantitative estimate of drug-likeness (QED) is 0.399. The molecule has 9 heteroatoms. The highest BCUT2D eigenvalue weighted by Gasteiger charge is 2.22. The number of hydrogen-bond donors (Lipinski definition) is 3. The fourth-order valence-electron chi connectivity index (χ4n) is 1.23. The molecule has 1 heterocycles. The number of pyridine rings is 1. The molecule has 1 aromatic rings. The van der Waals surface area contributed by atoms with Gasteiger partial charge in [-0.2, -0.15) is 0 Å². The molecule has 1 rings (SSSR count). The monoisotopic (exact) mass is 288 g/mol. The molecule has 2 atom stereocenters. The Morgan fingerprint density at radius 3 is 2.89 bits per heavy atom. The third-order valence-corrected chi connectivity index (χ3v) is 2.62. The van der Waals surface area contributed by atoms with Gasteiger partial charge in [-0.1, -0.05) is 11.6 Å². The fourth-order valence-corrected chi connectivity index (χ4v) is 1.38. The maximum atomic E-state index is 11.8. The first-order valence-corrected chi connectivity index (χ1v) is 5.72. The minimum absolute atomic E-state index is 0.0202. The van der Waals surface area contributed by atoms with Crippen LogP contribution in [0.2, 0.25) is 5.15 Å². The molecule has 0 aliphatic heterocycles. The van der Waals surface area contributed by atoms with E-state index in [1.165, 1.54) is 6.92 Å². The van der Waals surface area contributed by atoms with Crippen LogP contribution in [0, 0.1) is 10.1 Å². The first kappa shape index (κ1) is 15.3. The Morgan fingerprint density at radius 2 is 2.37 bits per heavy atom. The van der Waals surface area contributed by atoms with Crippen LogP contribution in [0.15, 0.2) is 12.3 Å². The van der Waals surface area contributed by atoms with Crippen molar-refractivity contribution in [2.75, 3.05) is 6.54 Å². The number of nitrogens with zero attached hydrogens (tertiary/aromatic N) is 2. The second kappa shape index (κ2) is 6.41. The lowest BCUT2D eigenvalue weighted by Crippen LogP contribution is -2.43. The fraction of sp³-hybridized carbons (Fsp3) is 0.400. The second-order valence-electron chi connectivity index (χ2n) is 3.90. The van der Waals surface area contributed by atoms with Crippen molar-refractivity contribution in [3.8, 4) is 0 Å². The highest BCUT2D eigenvalue weighted by molar-refractivity contribution is 6.29. The summed E-state index contributed by atoms with van der Waals surface area (Å²) in [5, 5.41) is 22.3. The van der Waals surface area contributed by atoms with E-state index in [1.807, 2.05) is 0 Å². The van der Waals surface area contributed by atoms with Crippen molar-refractivity contribution in [2.24, 2.45) is 5.73 Å². The normalized spacial score (nSPS) is 13.7. The van der Waals surface area contributed by atoms with Crippen LogP contribution < -0.4 is 11.1 Å². The molecule has 19 heavy (non-hydrogen) atoms. The average Bonchev–Trinajstić information content (AvgIpc) is 2.34. The third kappa shape index (κ3) is 4.12. The van der Waals surface area contributed by atoms with Crippen LogP contribution in [0.4, 0.5) is 5.69 Å². The molecular formula is C10H13ClN4O4. The number of aliphatic hydroxyl groups is 1. The summed E-state index contributed by atoms with van der Waals surface area (Å²) in [7, 11) is 0. The van der Waals surface area contributed by atoms with Crippen LogP contribution in [0.3, 0.4) is 0 Å². The van der Waals surface area contributed by atoms with Crippen molar-refractivity contribution >= 4 is 23.2 Å². The van der Waals surface area contributed by atoms with Crippen molar-refractivity contribution < 1.29 is 14.8 Å². The Bertz CT molecular complexity index is 494. The molecule has 1 aromatic heterocycles. The van der Waals surface area contributed by atoms with Crippen molar-refractivity contribution in [1.82, 2.24) is 10.3 Å². The van der Waals surface area contributed by atoms with Crippen LogP contribution in [-0.2, 0) is 0 Å². The predicted octanol–water partition coefficient (Wildman–Crippen LogP) is 0.0811. The van der Waals surface area contributed by atoms with E-state index in [9.17, 15) is 20.0 Å². The maximum Gasteiger partial charge on any atom is 0.300 e. The summed E-state index contributed by atoms with van der Waals surface area (Å²) in [5.74, 6) is -0.702. The number of hydrogen-bond acceptors (Lipinski definition) is 6. The maximum absolute atomic E-state index is 11.8. The van der Waals surface area contributed by atoms with Gasteiger partial charge in [0.25, 0.3) is 11.6 Å². The number of carbonyl (C=O) groups excluding carboxylic acids is 1. The van der Waals surface area contributed by atoms with Gasteiger partial charge in [0.1, 0.15) is 16.9 Å². The summed E-state index contributed by atoms with van der Waals surface area (Å²) in [6.07, 6.45) is 0.0996. The number of aliphatic hydroxyl groups excluding tert-OH is 1. The zero-order valence-corrected chi connectivity index (χ0v) is 10.8. The lowest BCUT2D eigenvalue weighted by molar-refractivity contribution is -0.385. The molecule has 8 nitrogen and oxygen atoms in total. The minimum atomic E-state index is -0.809. The molecule has 1 amide bonds. The van der Waals surface area contributed by atoms with E-state index in [0.29, 0.717) is 0 Å². The van der Waals surface area contributed by atoms with Crippen LogP contribution in [0.25, 0.3) is 0 Å². The number of nitro groups is 1. The summed E-state index contributed by atoms with van der Waals surface area (Å²) in [5.41, 5.74) is 4.88. The molecular weight excluding hydrogens is 276 g/mol. The first-order chi connectivity index (χ1) is 8.82. The van der Waals surface area contributed by atoms with Crippen LogP contribution in [0.5, 0.6) is 0 Å². The largest absolute Gasteiger partial charge is 0.392 e. The van der Waals surface area contributed by atoms with E-state index in [0.717, 1.165) is 12.3 Å². The zero-order chi connectivity index (χ0) is 14.6. The predicted molar refractivity (Wildman–Crippen MR) is 67.9 cm³/mol. The molecule has 0 aliphatic carbocycles. The number of nitrogens with two attached hydrogens (primary N) is 1. The van der Waals surface area contributed by atoms with E-state index in [1.54, 1.807) is 0 Å². The van der Waals surface area contributed by atoms with Crippen LogP contribution in [-0.4, -0.2) is 39.6 Å². The molecule has 0 aliphatic rings. The van der Waals surface area contributed by atoms with Crippen molar-refractivity contribution in [3.05, 3.63) is 33.1 Å². The Hall–Kier alpha value is -1.77. The second-order valence-corrected chi connectivity index (χ2v) is 4.28. The number of halogens is 1. The van der Waals surface area contributed by atoms with Gasteiger partial charge in [0.15, 0.2) is 0 Å². The Balaban J connectivity index is 2.87. The van der Waals surface area contributed by atoms with Gasteiger partial charge < -0.3 is 16.2 Å². The highest BCUT2D eigenvalue weighted by atomic mass is 35.5. The number of aromatic nitrogens is 1. The summed E-state index contributed by atoms with van der Waals surface area (Å²) >= 11 is 5.60. The van der Waals surface area contributed by atoms with Gasteiger partial charge >= 0.3 is 0 Å². The lowest BCUT2D eigenvalue weighted by atomic mass is 10.2. The van der Waals surface area contributed by atoms with Gasteiger partial charge in [-0.15, -0.1) is 0 Å². The lowest BCUT2D eigenvalue weighted by Gasteiger charge is -2.15. The Kier molecular flexibility index (Phi) is 5.16. The number of carbonyl (C=O) groups is 1. The van der Waals surface area contributed by atoms with Crippen molar-refractivity contribution in [3.63, 3.8) is 0 Å². The molecule has 2 unspecified atom stereocenters. The van der Waals surface area contributed by atoms with E-state index in [4.69, 9.17) is 17.3 Å². The van der Waals surface area contributed by atoms with Gasteiger partial charge in [0.2, 0.25) is 0 Å². The van der Waals surface area contributed by atoms with Crippen molar-refractivity contribution in [1.29, 1.82) is 0 Å². The molecule has 0 saturated carbocycles. The topological polar surface area (TPSA) is 131 Å². The number of nitrogens with one attached hydrogen (secondary N) is 1. The van der Waals surface area contributed by atoms with Gasteiger partial charge in [-0.05, 0) is 13.0 Å². The molecule has 0 spiro atoms. The van der Waals surface area contributed by atoms with Gasteiger partial charge in [0, 0.05) is 12.6 Å². The van der Waals surface area contributed by atoms with Crippen LogP contribution in [0.1, 0.15) is 17.3 Å². The average molecular weight is 289 g/mol. The zero-order valence-electron chi connectivity index (χ0n) is 10.0. The third-order valence-electron chi connectivity index (χ3n) is 2.41. The van der Waals surface area contributed by atoms with E-state index < -0.39 is 28.7 Å². The minimum Gasteiger partial charge on any atom is -0.392 e. The molecule has 0 saturated heterocycles. The molecule has 4 N–H and O–H groups in total. The molecule has 0 aromatic carbocycles. The Labute approximate surface area is 113 Å². The SMILES string of the molecule is CC(O)C(N)CNC(=O)c1cc(Cl)ncc1[N+](=O)[O-]. The van der Waals surface area contributed by atoms with E-state index >= 15 is 0 Å². The van der Waals surface area contributed by atoms with Crippen molar-refractivity contribution in [2.45, 2.75) is 19.1 Å². The van der Waals surface area contributed by atoms with Crippen LogP contribution >= 0.6 is 11.6 Å². The number of amides is 1. The van der Waals surface area contributed by atoms with Gasteiger partial charge in [-0.25, -0.2) is 4.98 Å². The smallest absolute Gasteiger partial charge is 0.300 e. The Morgan fingerprint density at radius 1 is 1.74 bits per heavy atom. The number of rotatable bonds is 5. The summed E-state index contributed by atoms with van der Waals surface area (Å²) < 4.78 is 0. The first-order valence-electron chi connectivity index (χ1n) is 5.34. The molecule has 104 valence electrons. The molecule has 0 bridgehead atoms. The highest BCUT2D eigenvalue weighted by Crippen LogP contribution is 2.20. The van der Waals surface area contributed by atoms with Gasteiger partial charge in [0.05, 0.1) is 11.0 Å². The van der Waals surface area contributed by atoms with E-state index in [-0.39, 0.29) is 17.3 Å². The standard InChI is InChI=1S/C10H13ClN4O4/c1-5(16)7(12)3-14-10(17)6-2-9(11)13-4-8(6)15(18)19/h2,4-5,7,16H,3,12H2,1H3,(H,14,17). The van der Waals surface area contributed by atoms with Gasteiger partial charge in [-0.3, -0.25) is 14.9 Å². The summed E-state index contributed by atoms with van der Waals surface area (Å²) in [6, 6.07) is 0.434. The van der Waals surface area contributed by atoms with E-state index in [2.05, 4.69) is 10.3 Å².